The zero-order valence-corrected chi connectivity index (χ0v) is 14.0. The second kappa shape index (κ2) is 7.58. The van der Waals surface area contributed by atoms with Crippen molar-refractivity contribution in [2.75, 3.05) is 11.9 Å². The Labute approximate surface area is 133 Å². The quantitative estimate of drug-likeness (QED) is 0.593. The highest BCUT2D eigenvalue weighted by Crippen LogP contribution is 2.18. The first-order chi connectivity index (χ1) is 10.4. The van der Waals surface area contributed by atoms with Crippen LogP contribution in [0.25, 0.3) is 0 Å². The molecular formula is C17H29N5. The van der Waals surface area contributed by atoms with Crippen molar-refractivity contribution in [2.24, 2.45) is 16.1 Å². The Hall–Kier alpha value is -1.62. The van der Waals surface area contributed by atoms with Gasteiger partial charge in [0.2, 0.25) is 0 Å². The van der Waals surface area contributed by atoms with E-state index in [2.05, 4.69) is 36.4 Å². The van der Waals surface area contributed by atoms with Gasteiger partial charge in [-0.2, -0.15) is 0 Å². The van der Waals surface area contributed by atoms with Crippen LogP contribution in [0.4, 0.5) is 5.69 Å². The van der Waals surface area contributed by atoms with Gasteiger partial charge >= 0.3 is 0 Å². The van der Waals surface area contributed by atoms with Crippen molar-refractivity contribution >= 4 is 11.6 Å². The first kappa shape index (κ1) is 16.7. The maximum atomic E-state index is 5.99. The fourth-order valence-electron chi connectivity index (χ4n) is 2.47. The molecule has 1 aliphatic rings. The molecule has 1 aliphatic carbocycles. The van der Waals surface area contributed by atoms with E-state index in [1.807, 2.05) is 18.3 Å². The minimum absolute atomic E-state index is 0.165. The number of anilines is 1. The van der Waals surface area contributed by atoms with Crippen molar-refractivity contribution in [1.29, 1.82) is 0 Å². The van der Waals surface area contributed by atoms with Gasteiger partial charge in [-0.3, -0.25) is 9.98 Å². The fraction of sp³-hybridized carbons (Fsp3) is 0.647. The van der Waals surface area contributed by atoms with Gasteiger partial charge in [-0.15, -0.1) is 0 Å². The van der Waals surface area contributed by atoms with E-state index in [4.69, 9.17) is 10.7 Å². The van der Waals surface area contributed by atoms with Gasteiger partial charge in [-0.25, -0.2) is 0 Å². The lowest BCUT2D eigenvalue weighted by molar-refractivity contribution is 0.372. The van der Waals surface area contributed by atoms with E-state index < -0.39 is 0 Å². The average molecular weight is 303 g/mol. The summed E-state index contributed by atoms with van der Waals surface area (Å²) in [5.41, 5.74) is 7.10. The number of aliphatic imine (C=N–C) groups is 1. The summed E-state index contributed by atoms with van der Waals surface area (Å²) in [5.74, 6) is 0.836. The predicted molar refractivity (Wildman–Crippen MR) is 93.0 cm³/mol. The van der Waals surface area contributed by atoms with Crippen LogP contribution >= 0.6 is 0 Å². The normalized spacial score (nSPS) is 23.2. The molecule has 0 atom stereocenters. The molecule has 0 bridgehead atoms. The number of hydrogen-bond acceptors (Lipinski definition) is 3. The lowest BCUT2D eigenvalue weighted by Gasteiger charge is -2.28. The Bertz CT molecular complexity index is 470. The molecule has 0 unspecified atom stereocenters. The highest BCUT2D eigenvalue weighted by atomic mass is 15.2. The lowest BCUT2D eigenvalue weighted by Crippen LogP contribution is -2.43. The molecule has 5 nitrogen and oxygen atoms in total. The van der Waals surface area contributed by atoms with Crippen LogP contribution in [0.5, 0.6) is 0 Å². The van der Waals surface area contributed by atoms with E-state index >= 15 is 0 Å². The van der Waals surface area contributed by atoms with Gasteiger partial charge in [-0.1, -0.05) is 20.8 Å². The van der Waals surface area contributed by atoms with E-state index in [1.54, 1.807) is 6.20 Å². The minimum atomic E-state index is 0.165. The third-order valence-electron chi connectivity index (χ3n) is 3.75. The van der Waals surface area contributed by atoms with Crippen LogP contribution < -0.4 is 16.4 Å². The van der Waals surface area contributed by atoms with Gasteiger partial charge in [0.1, 0.15) is 0 Å². The van der Waals surface area contributed by atoms with Crippen LogP contribution in [0.3, 0.4) is 0 Å². The van der Waals surface area contributed by atoms with Crippen molar-refractivity contribution in [3.05, 3.63) is 24.5 Å². The average Bonchev–Trinajstić information content (AvgIpc) is 2.47. The van der Waals surface area contributed by atoms with Crippen LogP contribution in [-0.2, 0) is 0 Å². The molecule has 2 rings (SSSR count). The van der Waals surface area contributed by atoms with Crippen LogP contribution in [0, 0.1) is 5.41 Å². The predicted octanol–water partition coefficient (Wildman–Crippen LogP) is 2.76. The minimum Gasteiger partial charge on any atom is -0.353 e. The number of guanidine groups is 1. The largest absolute Gasteiger partial charge is 0.353 e. The summed E-state index contributed by atoms with van der Waals surface area (Å²) in [6.45, 7) is 7.35. The van der Waals surface area contributed by atoms with E-state index in [9.17, 15) is 0 Å². The number of hydrogen-bond donors (Lipinski definition) is 3. The van der Waals surface area contributed by atoms with Gasteiger partial charge in [0.05, 0.1) is 11.9 Å². The molecular weight excluding hydrogens is 274 g/mol. The van der Waals surface area contributed by atoms with E-state index in [-0.39, 0.29) is 5.41 Å². The van der Waals surface area contributed by atoms with Gasteiger partial charge in [0, 0.05) is 24.8 Å². The van der Waals surface area contributed by atoms with Gasteiger partial charge in [0.15, 0.2) is 5.96 Å². The van der Waals surface area contributed by atoms with Crippen LogP contribution in [0.1, 0.15) is 46.5 Å². The first-order valence-electron chi connectivity index (χ1n) is 8.16. The number of nitrogens with one attached hydrogen (secondary N) is 2. The second-order valence-corrected chi connectivity index (χ2v) is 7.35. The number of aromatic nitrogens is 1. The number of pyridine rings is 1. The zero-order valence-electron chi connectivity index (χ0n) is 14.0. The first-order valence-corrected chi connectivity index (χ1v) is 8.16. The summed E-state index contributed by atoms with van der Waals surface area (Å²) in [5, 5.41) is 6.91. The molecule has 1 heterocycles. The summed E-state index contributed by atoms with van der Waals surface area (Å²) >= 11 is 0. The van der Waals surface area contributed by atoms with E-state index in [1.165, 1.54) is 0 Å². The topological polar surface area (TPSA) is 75.3 Å². The van der Waals surface area contributed by atoms with Crippen molar-refractivity contribution in [2.45, 2.75) is 58.5 Å². The third-order valence-corrected chi connectivity index (χ3v) is 3.75. The van der Waals surface area contributed by atoms with Crippen LogP contribution in [0.2, 0.25) is 0 Å². The highest BCUT2D eigenvalue weighted by Gasteiger charge is 2.20. The molecule has 122 valence electrons. The van der Waals surface area contributed by atoms with Crippen LogP contribution in [0.15, 0.2) is 29.5 Å². The van der Waals surface area contributed by atoms with Gasteiger partial charge in [-0.05, 0) is 43.2 Å². The molecule has 1 aromatic rings. The Balaban J connectivity index is 2.01. The number of nitrogens with zero attached hydrogens (tertiary/aromatic N) is 2. The summed E-state index contributed by atoms with van der Waals surface area (Å²) in [6.07, 6.45) is 7.95. The molecule has 0 saturated heterocycles. The Kier molecular flexibility index (Phi) is 5.77. The van der Waals surface area contributed by atoms with Crippen molar-refractivity contribution in [3.63, 3.8) is 0 Å². The molecule has 1 fully saturated rings. The van der Waals surface area contributed by atoms with E-state index in [0.717, 1.165) is 43.9 Å². The molecule has 0 amide bonds. The molecule has 0 spiro atoms. The molecule has 1 aromatic heterocycles. The van der Waals surface area contributed by atoms with E-state index in [0.29, 0.717) is 12.1 Å². The summed E-state index contributed by atoms with van der Waals surface area (Å²) < 4.78 is 0. The Morgan fingerprint density at radius 3 is 2.64 bits per heavy atom. The second-order valence-electron chi connectivity index (χ2n) is 7.35. The standard InChI is InChI=1S/C17H29N5/c1-17(2,3)12-20-16(22-15-5-4-10-19-11-15)21-14-8-6-13(18)7-9-14/h4-5,10-11,13-14H,6-9,12,18H2,1-3H3,(H2,20,21,22). The summed E-state index contributed by atoms with van der Waals surface area (Å²) in [4.78, 5) is 8.88. The number of rotatable bonds is 3. The molecule has 0 aliphatic heterocycles. The fourth-order valence-corrected chi connectivity index (χ4v) is 2.47. The van der Waals surface area contributed by atoms with Gasteiger partial charge in [0.25, 0.3) is 0 Å². The molecule has 5 heteroatoms. The van der Waals surface area contributed by atoms with Crippen LogP contribution in [-0.4, -0.2) is 29.6 Å². The SMILES string of the molecule is CC(C)(C)CN=C(Nc1cccnc1)NC1CCC(N)CC1. The smallest absolute Gasteiger partial charge is 0.196 e. The zero-order chi connectivity index (χ0) is 16.0. The van der Waals surface area contributed by atoms with Gasteiger partial charge < -0.3 is 16.4 Å². The molecule has 0 aromatic carbocycles. The Morgan fingerprint density at radius 1 is 1.32 bits per heavy atom. The third kappa shape index (κ3) is 6.02. The molecule has 0 radical (unpaired) electrons. The number of nitrogens with two attached hydrogens (primary N) is 1. The summed E-state index contributed by atoms with van der Waals surface area (Å²) in [7, 11) is 0. The highest BCUT2D eigenvalue weighted by molar-refractivity contribution is 5.93. The van der Waals surface area contributed by atoms with Crippen molar-refractivity contribution < 1.29 is 0 Å². The maximum Gasteiger partial charge on any atom is 0.196 e. The van der Waals surface area contributed by atoms with Crippen molar-refractivity contribution in [1.82, 2.24) is 10.3 Å². The maximum absolute atomic E-state index is 5.99. The molecule has 22 heavy (non-hydrogen) atoms. The molecule has 4 N–H and O–H groups in total. The lowest BCUT2D eigenvalue weighted by atomic mass is 9.92. The van der Waals surface area contributed by atoms with Crippen molar-refractivity contribution in [3.8, 4) is 0 Å². The summed E-state index contributed by atoms with van der Waals surface area (Å²) in [6, 6.07) is 4.73. The molecule has 1 saturated carbocycles. The monoisotopic (exact) mass is 303 g/mol. The Morgan fingerprint density at radius 2 is 2.05 bits per heavy atom.